The standard InChI is InChI=1S/C10H14ClN3/c1-8-2-5-14(7-9(8)11)10-6-12-3-4-13-10/h3-4,6,8-9H,2,5,7H2,1H3. The largest absolute Gasteiger partial charge is 0.354 e. The summed E-state index contributed by atoms with van der Waals surface area (Å²) in [6.45, 7) is 4.11. The maximum atomic E-state index is 6.22. The van der Waals surface area contributed by atoms with E-state index in [1.54, 1.807) is 18.6 Å². The summed E-state index contributed by atoms with van der Waals surface area (Å²) in [5, 5.41) is 0.228. The van der Waals surface area contributed by atoms with Crippen LogP contribution in [-0.2, 0) is 0 Å². The lowest BCUT2D eigenvalue weighted by atomic mass is 9.99. The number of anilines is 1. The Labute approximate surface area is 89.1 Å². The van der Waals surface area contributed by atoms with Crippen LogP contribution in [0.2, 0.25) is 0 Å². The molecule has 1 saturated heterocycles. The van der Waals surface area contributed by atoms with Gasteiger partial charge in [-0.3, -0.25) is 4.98 Å². The summed E-state index contributed by atoms with van der Waals surface area (Å²) in [5.41, 5.74) is 0. The third-order valence-corrected chi connectivity index (χ3v) is 3.31. The molecule has 0 amide bonds. The van der Waals surface area contributed by atoms with Gasteiger partial charge in [-0.1, -0.05) is 6.92 Å². The monoisotopic (exact) mass is 211 g/mol. The van der Waals surface area contributed by atoms with E-state index >= 15 is 0 Å². The van der Waals surface area contributed by atoms with Gasteiger partial charge in [0.25, 0.3) is 0 Å². The van der Waals surface area contributed by atoms with Crippen LogP contribution in [0.1, 0.15) is 13.3 Å². The SMILES string of the molecule is CC1CCN(c2cnccn2)CC1Cl. The first-order valence-electron chi connectivity index (χ1n) is 4.92. The first kappa shape index (κ1) is 9.71. The highest BCUT2D eigenvalue weighted by molar-refractivity contribution is 6.21. The highest BCUT2D eigenvalue weighted by Crippen LogP contribution is 2.24. The summed E-state index contributed by atoms with van der Waals surface area (Å²) >= 11 is 6.22. The van der Waals surface area contributed by atoms with Gasteiger partial charge in [0.2, 0.25) is 0 Å². The molecule has 1 fully saturated rings. The number of nitrogens with zero attached hydrogens (tertiary/aromatic N) is 3. The van der Waals surface area contributed by atoms with Crippen molar-refractivity contribution >= 4 is 17.4 Å². The van der Waals surface area contributed by atoms with E-state index in [1.807, 2.05) is 0 Å². The van der Waals surface area contributed by atoms with Gasteiger partial charge in [-0.05, 0) is 12.3 Å². The number of hydrogen-bond acceptors (Lipinski definition) is 3. The molecular weight excluding hydrogens is 198 g/mol. The van der Waals surface area contributed by atoms with E-state index in [4.69, 9.17) is 11.6 Å². The lowest BCUT2D eigenvalue weighted by molar-refractivity contribution is 0.443. The molecule has 1 aliphatic heterocycles. The molecule has 2 heterocycles. The molecule has 2 atom stereocenters. The van der Waals surface area contributed by atoms with Crippen LogP contribution < -0.4 is 4.90 Å². The molecule has 1 aliphatic rings. The fraction of sp³-hybridized carbons (Fsp3) is 0.600. The van der Waals surface area contributed by atoms with Crippen molar-refractivity contribution in [1.82, 2.24) is 9.97 Å². The van der Waals surface area contributed by atoms with Crippen molar-refractivity contribution in [3.63, 3.8) is 0 Å². The van der Waals surface area contributed by atoms with Crippen LogP contribution in [0.15, 0.2) is 18.6 Å². The zero-order valence-corrected chi connectivity index (χ0v) is 8.98. The van der Waals surface area contributed by atoms with Crippen LogP contribution in [0.4, 0.5) is 5.82 Å². The van der Waals surface area contributed by atoms with E-state index in [9.17, 15) is 0 Å². The van der Waals surface area contributed by atoms with Gasteiger partial charge in [-0.25, -0.2) is 4.98 Å². The molecule has 0 radical (unpaired) electrons. The zero-order chi connectivity index (χ0) is 9.97. The molecule has 0 N–H and O–H groups in total. The predicted octanol–water partition coefficient (Wildman–Crippen LogP) is 1.93. The second-order valence-corrected chi connectivity index (χ2v) is 4.35. The Bertz CT molecular complexity index is 291. The van der Waals surface area contributed by atoms with E-state index in [0.29, 0.717) is 5.92 Å². The van der Waals surface area contributed by atoms with Crippen molar-refractivity contribution in [3.8, 4) is 0 Å². The van der Waals surface area contributed by atoms with Crippen LogP contribution >= 0.6 is 11.6 Å². The van der Waals surface area contributed by atoms with Crippen molar-refractivity contribution in [2.24, 2.45) is 5.92 Å². The fourth-order valence-corrected chi connectivity index (χ4v) is 1.98. The van der Waals surface area contributed by atoms with Gasteiger partial charge >= 0.3 is 0 Å². The maximum Gasteiger partial charge on any atom is 0.147 e. The number of piperidine rings is 1. The van der Waals surface area contributed by atoms with Crippen LogP contribution in [0, 0.1) is 5.92 Å². The molecule has 0 bridgehead atoms. The Kier molecular flexibility index (Phi) is 2.87. The van der Waals surface area contributed by atoms with Gasteiger partial charge in [0.15, 0.2) is 0 Å². The normalized spacial score (nSPS) is 27.7. The van der Waals surface area contributed by atoms with Crippen LogP contribution in [-0.4, -0.2) is 28.4 Å². The Morgan fingerprint density at radius 2 is 2.36 bits per heavy atom. The lowest BCUT2D eigenvalue weighted by Gasteiger charge is -2.34. The summed E-state index contributed by atoms with van der Waals surface area (Å²) < 4.78 is 0. The molecule has 0 saturated carbocycles. The van der Waals surface area contributed by atoms with E-state index in [2.05, 4.69) is 21.8 Å². The molecule has 2 unspecified atom stereocenters. The lowest BCUT2D eigenvalue weighted by Crippen LogP contribution is -2.40. The van der Waals surface area contributed by atoms with Gasteiger partial charge in [0.05, 0.1) is 11.6 Å². The molecule has 0 spiro atoms. The highest BCUT2D eigenvalue weighted by atomic mass is 35.5. The Morgan fingerprint density at radius 1 is 1.50 bits per heavy atom. The molecule has 2 rings (SSSR count). The second kappa shape index (κ2) is 4.13. The number of halogens is 1. The molecule has 4 heteroatoms. The predicted molar refractivity (Wildman–Crippen MR) is 57.7 cm³/mol. The average Bonchev–Trinajstić information content (AvgIpc) is 2.23. The fourth-order valence-electron chi connectivity index (χ4n) is 1.68. The number of alkyl halides is 1. The van der Waals surface area contributed by atoms with Crippen molar-refractivity contribution in [1.29, 1.82) is 0 Å². The van der Waals surface area contributed by atoms with E-state index in [1.165, 1.54) is 0 Å². The summed E-state index contributed by atoms with van der Waals surface area (Å²) in [6, 6.07) is 0. The smallest absolute Gasteiger partial charge is 0.147 e. The molecule has 14 heavy (non-hydrogen) atoms. The number of rotatable bonds is 1. The van der Waals surface area contributed by atoms with Gasteiger partial charge in [-0.2, -0.15) is 0 Å². The number of aromatic nitrogens is 2. The molecular formula is C10H14ClN3. The summed E-state index contributed by atoms with van der Waals surface area (Å²) in [4.78, 5) is 10.5. The Balaban J connectivity index is 2.07. The summed E-state index contributed by atoms with van der Waals surface area (Å²) in [5.74, 6) is 1.54. The van der Waals surface area contributed by atoms with Gasteiger partial charge in [-0.15, -0.1) is 11.6 Å². The van der Waals surface area contributed by atoms with Crippen LogP contribution in [0.25, 0.3) is 0 Å². The Hall–Kier alpha value is -0.830. The molecule has 0 aliphatic carbocycles. The zero-order valence-electron chi connectivity index (χ0n) is 8.23. The van der Waals surface area contributed by atoms with Crippen molar-refractivity contribution in [2.45, 2.75) is 18.7 Å². The van der Waals surface area contributed by atoms with Gasteiger partial charge < -0.3 is 4.90 Å². The Morgan fingerprint density at radius 3 is 3.00 bits per heavy atom. The first-order chi connectivity index (χ1) is 6.77. The maximum absolute atomic E-state index is 6.22. The number of hydrogen-bond donors (Lipinski definition) is 0. The van der Waals surface area contributed by atoms with Gasteiger partial charge in [0.1, 0.15) is 5.82 Å². The second-order valence-electron chi connectivity index (χ2n) is 3.79. The molecule has 76 valence electrons. The third kappa shape index (κ3) is 1.98. The summed E-state index contributed by atoms with van der Waals surface area (Å²) in [6.07, 6.45) is 6.33. The molecule has 3 nitrogen and oxygen atoms in total. The van der Waals surface area contributed by atoms with Crippen molar-refractivity contribution < 1.29 is 0 Å². The van der Waals surface area contributed by atoms with E-state index in [0.717, 1.165) is 25.3 Å². The molecule has 1 aromatic heterocycles. The minimum absolute atomic E-state index is 0.228. The topological polar surface area (TPSA) is 29.0 Å². The van der Waals surface area contributed by atoms with Gasteiger partial charge in [0, 0.05) is 25.5 Å². The van der Waals surface area contributed by atoms with E-state index in [-0.39, 0.29) is 5.38 Å². The minimum atomic E-state index is 0.228. The average molecular weight is 212 g/mol. The van der Waals surface area contributed by atoms with Crippen molar-refractivity contribution in [2.75, 3.05) is 18.0 Å². The molecule has 1 aromatic rings. The highest BCUT2D eigenvalue weighted by Gasteiger charge is 2.24. The molecule has 0 aromatic carbocycles. The van der Waals surface area contributed by atoms with E-state index < -0.39 is 0 Å². The quantitative estimate of drug-likeness (QED) is 0.665. The van der Waals surface area contributed by atoms with Crippen molar-refractivity contribution in [3.05, 3.63) is 18.6 Å². The van der Waals surface area contributed by atoms with Crippen LogP contribution in [0.5, 0.6) is 0 Å². The minimum Gasteiger partial charge on any atom is -0.354 e. The third-order valence-electron chi connectivity index (χ3n) is 2.74. The van der Waals surface area contributed by atoms with Crippen LogP contribution in [0.3, 0.4) is 0 Å². The summed E-state index contributed by atoms with van der Waals surface area (Å²) in [7, 11) is 0. The first-order valence-corrected chi connectivity index (χ1v) is 5.36.